The van der Waals surface area contributed by atoms with E-state index >= 15 is 0 Å². The van der Waals surface area contributed by atoms with E-state index in [-0.39, 0.29) is 40.9 Å². The molecule has 6 nitrogen and oxygen atoms in total. The van der Waals surface area contributed by atoms with Crippen molar-refractivity contribution in [1.29, 1.82) is 0 Å². The fourth-order valence-corrected chi connectivity index (χ4v) is 5.36. The molecule has 1 aliphatic carbocycles. The van der Waals surface area contributed by atoms with E-state index in [1.165, 1.54) is 12.1 Å². The number of halogens is 1. The standard InChI is InChI=1S/C22H29ClO6S/c1-3-5-12-28-21(24)17-14-19(23)20(15-18(17)22(25)29-13-6-4-2)30(26,27)16-10-8-7-9-11-16/h7-11,17-18H,3-6,12-15H2,1-2H3. The van der Waals surface area contributed by atoms with Crippen LogP contribution in [0.2, 0.25) is 0 Å². The van der Waals surface area contributed by atoms with E-state index in [4.69, 9.17) is 21.1 Å². The molecule has 8 heteroatoms. The molecule has 0 saturated heterocycles. The smallest absolute Gasteiger partial charge is 0.310 e. The molecule has 1 aliphatic rings. The summed E-state index contributed by atoms with van der Waals surface area (Å²) in [6.45, 7) is 4.42. The number of carbonyl (C=O) groups is 2. The minimum Gasteiger partial charge on any atom is -0.465 e. The molecule has 0 bridgehead atoms. The second-order valence-corrected chi connectivity index (χ2v) is 9.74. The number of ether oxygens (including phenoxy) is 2. The number of sulfone groups is 1. The van der Waals surface area contributed by atoms with Crippen LogP contribution in [0.15, 0.2) is 45.2 Å². The van der Waals surface area contributed by atoms with Gasteiger partial charge in [0.05, 0.1) is 34.9 Å². The minimum absolute atomic E-state index is 0.0367. The first-order valence-corrected chi connectivity index (χ1v) is 12.2. The average molecular weight is 457 g/mol. The Balaban J connectivity index is 2.32. The zero-order valence-corrected chi connectivity index (χ0v) is 19.0. The number of unbranched alkanes of at least 4 members (excludes halogenated alkanes) is 2. The Bertz CT molecular complexity index is 863. The van der Waals surface area contributed by atoms with Crippen molar-refractivity contribution in [3.63, 3.8) is 0 Å². The van der Waals surface area contributed by atoms with Gasteiger partial charge in [-0.25, -0.2) is 8.42 Å². The van der Waals surface area contributed by atoms with E-state index in [1.54, 1.807) is 18.2 Å². The number of rotatable bonds is 10. The molecule has 0 radical (unpaired) electrons. The maximum absolute atomic E-state index is 13.1. The van der Waals surface area contributed by atoms with Crippen LogP contribution < -0.4 is 0 Å². The van der Waals surface area contributed by atoms with Gasteiger partial charge >= 0.3 is 11.9 Å². The second kappa shape index (κ2) is 11.5. The summed E-state index contributed by atoms with van der Waals surface area (Å²) in [7, 11) is -3.89. The van der Waals surface area contributed by atoms with Crippen molar-refractivity contribution in [1.82, 2.24) is 0 Å². The Labute approximate surface area is 183 Å². The molecule has 0 aromatic heterocycles. The molecular weight excluding hydrogens is 428 g/mol. The largest absolute Gasteiger partial charge is 0.465 e. The highest BCUT2D eigenvalue weighted by Crippen LogP contribution is 2.41. The zero-order chi connectivity index (χ0) is 22.1. The Morgan fingerprint density at radius 1 is 0.933 bits per heavy atom. The number of hydrogen-bond donors (Lipinski definition) is 0. The van der Waals surface area contributed by atoms with Gasteiger partial charge in [-0.15, -0.1) is 0 Å². The van der Waals surface area contributed by atoms with E-state index in [2.05, 4.69) is 0 Å². The zero-order valence-electron chi connectivity index (χ0n) is 17.4. The van der Waals surface area contributed by atoms with Crippen LogP contribution >= 0.6 is 11.6 Å². The van der Waals surface area contributed by atoms with Crippen LogP contribution in [0.25, 0.3) is 0 Å². The fourth-order valence-electron chi connectivity index (χ4n) is 3.24. The minimum atomic E-state index is -3.89. The summed E-state index contributed by atoms with van der Waals surface area (Å²) < 4.78 is 36.8. The lowest BCUT2D eigenvalue weighted by molar-refractivity contribution is -0.161. The van der Waals surface area contributed by atoms with Crippen LogP contribution in [0.3, 0.4) is 0 Å². The summed E-state index contributed by atoms with van der Waals surface area (Å²) in [5.41, 5.74) is 0. The fraction of sp³-hybridized carbons (Fsp3) is 0.545. The third kappa shape index (κ3) is 6.08. The van der Waals surface area contributed by atoms with E-state index in [1.807, 2.05) is 13.8 Å². The lowest BCUT2D eigenvalue weighted by Crippen LogP contribution is -2.37. The predicted octanol–water partition coefficient (Wildman–Crippen LogP) is 4.62. The van der Waals surface area contributed by atoms with Gasteiger partial charge in [0.1, 0.15) is 0 Å². The molecule has 0 N–H and O–H groups in total. The molecule has 2 atom stereocenters. The van der Waals surface area contributed by atoms with Gasteiger partial charge in [-0.3, -0.25) is 9.59 Å². The summed E-state index contributed by atoms with van der Waals surface area (Å²) in [5, 5.41) is 0.0638. The van der Waals surface area contributed by atoms with Crippen LogP contribution in [-0.4, -0.2) is 33.6 Å². The van der Waals surface area contributed by atoms with Gasteiger partial charge in [-0.1, -0.05) is 56.5 Å². The van der Waals surface area contributed by atoms with Crippen molar-refractivity contribution < 1.29 is 27.5 Å². The van der Waals surface area contributed by atoms with Crippen LogP contribution in [0.1, 0.15) is 52.4 Å². The lowest BCUT2D eigenvalue weighted by Gasteiger charge is -2.30. The number of esters is 2. The highest BCUT2D eigenvalue weighted by atomic mass is 35.5. The van der Waals surface area contributed by atoms with E-state index in [9.17, 15) is 18.0 Å². The van der Waals surface area contributed by atoms with Crippen molar-refractivity contribution in [2.45, 2.75) is 57.3 Å². The first-order chi connectivity index (χ1) is 14.3. The molecule has 2 rings (SSSR count). The third-order valence-electron chi connectivity index (χ3n) is 5.06. The molecule has 0 fully saturated rings. The molecule has 0 amide bonds. The monoisotopic (exact) mass is 456 g/mol. The Morgan fingerprint density at radius 3 is 1.93 bits per heavy atom. The van der Waals surface area contributed by atoms with Crippen LogP contribution in [-0.2, 0) is 28.9 Å². The summed E-state index contributed by atoms with van der Waals surface area (Å²) >= 11 is 6.35. The van der Waals surface area contributed by atoms with Crippen LogP contribution in [0.5, 0.6) is 0 Å². The second-order valence-electron chi connectivity index (χ2n) is 7.31. The number of carbonyl (C=O) groups excluding carboxylic acids is 2. The van der Waals surface area contributed by atoms with Crippen molar-refractivity contribution in [2.75, 3.05) is 13.2 Å². The number of allylic oxidation sites excluding steroid dienone is 2. The van der Waals surface area contributed by atoms with Gasteiger partial charge in [0.15, 0.2) is 0 Å². The normalized spacial score (nSPS) is 19.4. The topological polar surface area (TPSA) is 86.7 Å². The number of hydrogen-bond acceptors (Lipinski definition) is 6. The maximum Gasteiger partial charge on any atom is 0.310 e. The van der Waals surface area contributed by atoms with Crippen molar-refractivity contribution in [3.05, 3.63) is 40.3 Å². The van der Waals surface area contributed by atoms with E-state index < -0.39 is 33.6 Å². The number of benzene rings is 1. The van der Waals surface area contributed by atoms with Gasteiger partial charge in [-0.05, 0) is 37.8 Å². The van der Waals surface area contributed by atoms with Crippen molar-refractivity contribution >= 4 is 33.4 Å². The van der Waals surface area contributed by atoms with Gasteiger partial charge < -0.3 is 9.47 Å². The molecule has 0 heterocycles. The SMILES string of the molecule is CCCCOC(=O)C1CC(Cl)=C(S(=O)(=O)c2ccccc2)CC1C(=O)OCCCC. The highest BCUT2D eigenvalue weighted by molar-refractivity contribution is 7.95. The maximum atomic E-state index is 13.1. The molecule has 2 unspecified atom stereocenters. The van der Waals surface area contributed by atoms with Crippen molar-refractivity contribution in [2.24, 2.45) is 11.8 Å². The van der Waals surface area contributed by atoms with Gasteiger partial charge in [0.2, 0.25) is 9.84 Å². The quantitative estimate of drug-likeness (QED) is 0.377. The summed E-state index contributed by atoms with van der Waals surface area (Å²) in [6.07, 6.45) is 2.85. The molecular formula is C22H29ClO6S. The van der Waals surface area contributed by atoms with Crippen molar-refractivity contribution in [3.8, 4) is 0 Å². The summed E-state index contributed by atoms with van der Waals surface area (Å²) in [5.74, 6) is -2.95. The highest BCUT2D eigenvalue weighted by Gasteiger charge is 2.44. The molecule has 0 aliphatic heterocycles. The molecule has 1 aromatic rings. The Hall–Kier alpha value is -1.86. The Kier molecular flexibility index (Phi) is 9.37. The molecule has 1 aromatic carbocycles. The third-order valence-corrected chi connectivity index (χ3v) is 7.51. The predicted molar refractivity (Wildman–Crippen MR) is 114 cm³/mol. The summed E-state index contributed by atoms with van der Waals surface area (Å²) in [4.78, 5) is 25.4. The first kappa shape index (κ1) is 24.4. The molecule has 166 valence electrons. The molecule has 30 heavy (non-hydrogen) atoms. The van der Waals surface area contributed by atoms with Gasteiger partial charge in [0, 0.05) is 5.03 Å². The Morgan fingerprint density at radius 2 is 1.43 bits per heavy atom. The lowest BCUT2D eigenvalue weighted by atomic mass is 9.82. The van der Waals surface area contributed by atoms with Crippen LogP contribution in [0.4, 0.5) is 0 Å². The summed E-state index contributed by atoms with van der Waals surface area (Å²) in [6, 6.07) is 7.91. The van der Waals surface area contributed by atoms with Crippen LogP contribution in [0, 0.1) is 11.8 Å². The van der Waals surface area contributed by atoms with Gasteiger partial charge in [0.25, 0.3) is 0 Å². The van der Waals surface area contributed by atoms with E-state index in [0.717, 1.165) is 12.8 Å². The molecule has 0 saturated carbocycles. The van der Waals surface area contributed by atoms with E-state index in [0.29, 0.717) is 12.8 Å². The molecule has 0 spiro atoms. The van der Waals surface area contributed by atoms with Gasteiger partial charge in [-0.2, -0.15) is 0 Å². The first-order valence-electron chi connectivity index (χ1n) is 10.3. The average Bonchev–Trinajstić information content (AvgIpc) is 2.74.